The lowest BCUT2D eigenvalue weighted by Crippen LogP contribution is -2.10. The number of aryl methyl sites for hydroxylation is 1. The number of rotatable bonds is 6. The van der Waals surface area contributed by atoms with E-state index in [9.17, 15) is 4.79 Å². The van der Waals surface area contributed by atoms with Gasteiger partial charge in [-0.15, -0.1) is 0 Å². The highest BCUT2D eigenvalue weighted by molar-refractivity contribution is 7.99. The van der Waals surface area contributed by atoms with Crippen LogP contribution in [0, 0.1) is 6.92 Å². The Kier molecular flexibility index (Phi) is 6.12. The van der Waals surface area contributed by atoms with Gasteiger partial charge in [-0.05, 0) is 25.0 Å². The number of hydrogen-bond acceptors (Lipinski definition) is 3. The maximum atomic E-state index is 11.3. The molecule has 1 aromatic carbocycles. The standard InChI is InChI=1S/C14H20O2S/c1-4-16-14(15)9-12(3)17-10-13-8-6-5-7-11(13)2/h5-8,12H,4,9-10H2,1-3H3. The highest BCUT2D eigenvalue weighted by atomic mass is 32.2. The Morgan fingerprint density at radius 2 is 2.12 bits per heavy atom. The van der Waals surface area contributed by atoms with Crippen molar-refractivity contribution in [2.75, 3.05) is 6.61 Å². The topological polar surface area (TPSA) is 26.3 Å². The van der Waals surface area contributed by atoms with Gasteiger partial charge in [-0.1, -0.05) is 31.2 Å². The molecule has 0 aliphatic rings. The fourth-order valence-corrected chi connectivity index (χ4v) is 2.56. The van der Waals surface area contributed by atoms with Gasteiger partial charge in [-0.2, -0.15) is 11.8 Å². The summed E-state index contributed by atoms with van der Waals surface area (Å²) in [5.41, 5.74) is 2.65. The molecule has 0 heterocycles. The monoisotopic (exact) mass is 252 g/mol. The fraction of sp³-hybridized carbons (Fsp3) is 0.500. The summed E-state index contributed by atoms with van der Waals surface area (Å²) in [6.07, 6.45) is 0.490. The van der Waals surface area contributed by atoms with Crippen LogP contribution in [0.5, 0.6) is 0 Å². The average Bonchev–Trinajstić information content (AvgIpc) is 2.28. The van der Waals surface area contributed by atoms with E-state index in [1.165, 1.54) is 11.1 Å². The van der Waals surface area contributed by atoms with Gasteiger partial charge < -0.3 is 4.74 Å². The van der Waals surface area contributed by atoms with Crippen molar-refractivity contribution < 1.29 is 9.53 Å². The van der Waals surface area contributed by atoms with Crippen molar-refractivity contribution >= 4 is 17.7 Å². The molecule has 0 aliphatic carbocycles. The van der Waals surface area contributed by atoms with Crippen LogP contribution in [-0.2, 0) is 15.3 Å². The summed E-state index contributed by atoms with van der Waals surface area (Å²) < 4.78 is 4.94. The van der Waals surface area contributed by atoms with Crippen LogP contribution < -0.4 is 0 Å². The van der Waals surface area contributed by atoms with Crippen LogP contribution in [0.3, 0.4) is 0 Å². The van der Waals surface area contributed by atoms with Crippen molar-refractivity contribution in [2.45, 2.75) is 38.2 Å². The molecule has 0 fully saturated rings. The summed E-state index contributed by atoms with van der Waals surface area (Å²) in [4.78, 5) is 11.3. The Morgan fingerprint density at radius 3 is 2.76 bits per heavy atom. The third-order valence-electron chi connectivity index (χ3n) is 2.54. The molecule has 3 heteroatoms. The summed E-state index contributed by atoms with van der Waals surface area (Å²) in [7, 11) is 0. The summed E-state index contributed by atoms with van der Waals surface area (Å²) >= 11 is 1.80. The molecule has 1 atom stereocenters. The largest absolute Gasteiger partial charge is 0.466 e. The molecule has 17 heavy (non-hydrogen) atoms. The number of carbonyl (C=O) groups is 1. The SMILES string of the molecule is CCOC(=O)CC(C)SCc1ccccc1C. The minimum Gasteiger partial charge on any atom is -0.466 e. The Balaban J connectivity index is 2.35. The van der Waals surface area contributed by atoms with E-state index in [1.54, 1.807) is 11.8 Å². The van der Waals surface area contributed by atoms with Gasteiger partial charge in [0.15, 0.2) is 0 Å². The van der Waals surface area contributed by atoms with Crippen LogP contribution in [0.2, 0.25) is 0 Å². The van der Waals surface area contributed by atoms with Crippen molar-refractivity contribution in [2.24, 2.45) is 0 Å². The predicted molar refractivity (Wildman–Crippen MR) is 73.2 cm³/mol. The Hall–Kier alpha value is -0.960. The molecule has 0 spiro atoms. The molecular formula is C14H20O2S. The lowest BCUT2D eigenvalue weighted by Gasteiger charge is -2.11. The number of benzene rings is 1. The number of thioether (sulfide) groups is 1. The maximum Gasteiger partial charge on any atom is 0.306 e. The molecule has 0 amide bonds. The van der Waals surface area contributed by atoms with Gasteiger partial charge in [0, 0.05) is 11.0 Å². The summed E-state index contributed by atoms with van der Waals surface area (Å²) in [5.74, 6) is 0.852. The van der Waals surface area contributed by atoms with E-state index in [0.29, 0.717) is 18.3 Å². The Labute approximate surface area is 108 Å². The second kappa shape index (κ2) is 7.38. The first-order valence-corrected chi connectivity index (χ1v) is 7.00. The zero-order valence-electron chi connectivity index (χ0n) is 10.7. The lowest BCUT2D eigenvalue weighted by molar-refractivity contribution is -0.142. The molecule has 2 nitrogen and oxygen atoms in total. The summed E-state index contributed by atoms with van der Waals surface area (Å²) in [6.45, 7) is 6.49. The van der Waals surface area contributed by atoms with Gasteiger partial charge >= 0.3 is 5.97 Å². The van der Waals surface area contributed by atoms with Gasteiger partial charge in [0.2, 0.25) is 0 Å². The van der Waals surface area contributed by atoms with E-state index in [2.05, 4.69) is 32.0 Å². The van der Waals surface area contributed by atoms with Crippen LogP contribution in [-0.4, -0.2) is 17.8 Å². The van der Waals surface area contributed by atoms with Crippen molar-refractivity contribution in [3.05, 3.63) is 35.4 Å². The molecule has 0 bridgehead atoms. The Morgan fingerprint density at radius 1 is 1.41 bits per heavy atom. The van der Waals surface area contributed by atoms with Crippen molar-refractivity contribution in [3.63, 3.8) is 0 Å². The second-order valence-corrected chi connectivity index (χ2v) is 5.48. The quantitative estimate of drug-likeness (QED) is 0.724. The first-order chi connectivity index (χ1) is 8.13. The van der Waals surface area contributed by atoms with Crippen molar-refractivity contribution in [1.82, 2.24) is 0 Å². The number of carbonyl (C=O) groups excluding carboxylic acids is 1. The normalized spacial score (nSPS) is 12.2. The molecule has 1 rings (SSSR count). The van der Waals surface area contributed by atoms with Crippen LogP contribution >= 0.6 is 11.8 Å². The molecule has 0 aliphatic heterocycles. The van der Waals surface area contributed by atoms with Gasteiger partial charge in [-0.25, -0.2) is 0 Å². The van der Waals surface area contributed by atoms with E-state index in [4.69, 9.17) is 4.74 Å². The number of hydrogen-bond donors (Lipinski definition) is 0. The number of esters is 1. The first-order valence-electron chi connectivity index (χ1n) is 5.95. The van der Waals surface area contributed by atoms with E-state index >= 15 is 0 Å². The molecule has 1 aromatic rings. The van der Waals surface area contributed by atoms with E-state index in [0.717, 1.165) is 5.75 Å². The highest BCUT2D eigenvalue weighted by Crippen LogP contribution is 2.22. The van der Waals surface area contributed by atoms with E-state index in [-0.39, 0.29) is 5.97 Å². The summed E-state index contributed by atoms with van der Waals surface area (Å²) in [6, 6.07) is 8.36. The predicted octanol–water partition coefficient (Wildman–Crippen LogP) is 3.57. The molecular weight excluding hydrogens is 232 g/mol. The van der Waals surface area contributed by atoms with Crippen LogP contribution in [0.1, 0.15) is 31.4 Å². The lowest BCUT2D eigenvalue weighted by atomic mass is 10.1. The van der Waals surface area contributed by atoms with E-state index in [1.807, 2.05) is 13.0 Å². The zero-order valence-corrected chi connectivity index (χ0v) is 11.5. The molecule has 94 valence electrons. The molecule has 0 saturated carbocycles. The molecule has 1 unspecified atom stereocenters. The summed E-state index contributed by atoms with van der Waals surface area (Å²) in [5, 5.41) is 0.300. The highest BCUT2D eigenvalue weighted by Gasteiger charge is 2.10. The fourth-order valence-electron chi connectivity index (χ4n) is 1.52. The smallest absolute Gasteiger partial charge is 0.306 e. The molecule has 0 radical (unpaired) electrons. The van der Waals surface area contributed by atoms with Crippen LogP contribution in [0.15, 0.2) is 24.3 Å². The van der Waals surface area contributed by atoms with Gasteiger partial charge in [0.25, 0.3) is 0 Å². The average molecular weight is 252 g/mol. The minimum absolute atomic E-state index is 0.0997. The number of ether oxygens (including phenoxy) is 1. The van der Waals surface area contributed by atoms with Crippen molar-refractivity contribution in [3.8, 4) is 0 Å². The maximum absolute atomic E-state index is 11.3. The third-order valence-corrected chi connectivity index (χ3v) is 3.76. The first kappa shape index (κ1) is 14.1. The second-order valence-electron chi connectivity index (χ2n) is 4.06. The molecule has 0 aromatic heterocycles. The van der Waals surface area contributed by atoms with Gasteiger partial charge in [0.05, 0.1) is 13.0 Å². The van der Waals surface area contributed by atoms with Crippen LogP contribution in [0.4, 0.5) is 0 Å². The Bertz CT molecular complexity index is 363. The minimum atomic E-state index is -0.0997. The van der Waals surface area contributed by atoms with Crippen LogP contribution in [0.25, 0.3) is 0 Å². The van der Waals surface area contributed by atoms with Crippen molar-refractivity contribution in [1.29, 1.82) is 0 Å². The van der Waals surface area contributed by atoms with Gasteiger partial charge in [0.1, 0.15) is 0 Å². The molecule has 0 saturated heterocycles. The molecule has 0 N–H and O–H groups in total. The van der Waals surface area contributed by atoms with Gasteiger partial charge in [-0.3, -0.25) is 4.79 Å². The van der Waals surface area contributed by atoms with E-state index < -0.39 is 0 Å². The third kappa shape index (κ3) is 5.26. The zero-order chi connectivity index (χ0) is 12.7.